The van der Waals surface area contributed by atoms with Crippen LogP contribution in [0.4, 0.5) is 0 Å². The van der Waals surface area contributed by atoms with Gasteiger partial charge in [0.15, 0.2) is 11.6 Å². The molecule has 6 heteroatoms. The second-order valence-corrected chi connectivity index (χ2v) is 8.07. The minimum absolute atomic E-state index is 0.0800. The molecule has 0 atom stereocenters. The Morgan fingerprint density at radius 3 is 1.32 bits per heavy atom. The van der Waals surface area contributed by atoms with Crippen LogP contribution in [0.1, 0.15) is 34.6 Å². The SMILES string of the molecule is CC(=O)c1c(-c2cccc(-c3n[nH]c(-c4ccccc4)c3C(C)=O)c2)n[nH]c1-c1ccccc1. The largest absolute Gasteiger partial charge is 0.294 e. The molecule has 0 amide bonds. The van der Waals surface area contributed by atoms with Gasteiger partial charge in [-0.15, -0.1) is 0 Å². The van der Waals surface area contributed by atoms with E-state index in [0.717, 1.165) is 22.3 Å². The summed E-state index contributed by atoms with van der Waals surface area (Å²) in [6.07, 6.45) is 0. The zero-order valence-corrected chi connectivity index (χ0v) is 18.8. The number of ketones is 2. The van der Waals surface area contributed by atoms with Crippen LogP contribution in [0.2, 0.25) is 0 Å². The Morgan fingerprint density at radius 1 is 0.559 bits per heavy atom. The van der Waals surface area contributed by atoms with E-state index in [-0.39, 0.29) is 11.6 Å². The maximum atomic E-state index is 12.6. The predicted molar refractivity (Wildman–Crippen MR) is 132 cm³/mol. The van der Waals surface area contributed by atoms with Crippen molar-refractivity contribution >= 4 is 11.6 Å². The van der Waals surface area contributed by atoms with E-state index in [1.165, 1.54) is 0 Å². The first-order chi connectivity index (χ1) is 16.5. The fourth-order valence-electron chi connectivity index (χ4n) is 4.23. The molecule has 0 unspecified atom stereocenters. The molecular weight excluding hydrogens is 424 g/mol. The van der Waals surface area contributed by atoms with Gasteiger partial charge in [-0.3, -0.25) is 19.8 Å². The Balaban J connectivity index is 1.63. The fourth-order valence-corrected chi connectivity index (χ4v) is 4.23. The van der Waals surface area contributed by atoms with Crippen molar-refractivity contribution in [1.82, 2.24) is 20.4 Å². The number of aromatic nitrogens is 4. The number of Topliss-reactive ketones (excluding diaryl/α,β-unsaturated/α-hetero) is 2. The van der Waals surface area contributed by atoms with E-state index in [0.29, 0.717) is 33.9 Å². The molecule has 3 aromatic carbocycles. The Bertz CT molecular complexity index is 1390. The van der Waals surface area contributed by atoms with Crippen LogP contribution >= 0.6 is 0 Å². The molecule has 0 aliphatic heterocycles. The summed E-state index contributed by atoms with van der Waals surface area (Å²) >= 11 is 0. The predicted octanol–water partition coefficient (Wildman–Crippen LogP) is 6.21. The number of nitrogens with zero attached hydrogens (tertiary/aromatic N) is 2. The van der Waals surface area contributed by atoms with Crippen molar-refractivity contribution in [1.29, 1.82) is 0 Å². The van der Waals surface area contributed by atoms with Gasteiger partial charge in [0.05, 0.1) is 22.5 Å². The van der Waals surface area contributed by atoms with Crippen molar-refractivity contribution in [2.75, 3.05) is 0 Å². The van der Waals surface area contributed by atoms with Crippen LogP contribution in [0, 0.1) is 0 Å². The smallest absolute Gasteiger partial charge is 0.164 e. The number of aromatic amines is 2. The third-order valence-corrected chi connectivity index (χ3v) is 5.77. The number of hydrogen-bond acceptors (Lipinski definition) is 4. The van der Waals surface area contributed by atoms with Crippen LogP contribution in [0.15, 0.2) is 84.9 Å². The van der Waals surface area contributed by atoms with Crippen molar-refractivity contribution in [2.24, 2.45) is 0 Å². The lowest BCUT2D eigenvalue weighted by molar-refractivity contribution is 0.101. The van der Waals surface area contributed by atoms with Crippen LogP contribution in [0.5, 0.6) is 0 Å². The lowest BCUT2D eigenvalue weighted by Gasteiger charge is -2.06. The highest BCUT2D eigenvalue weighted by Gasteiger charge is 2.23. The molecule has 2 heterocycles. The number of benzene rings is 3. The molecule has 5 rings (SSSR count). The van der Waals surface area contributed by atoms with E-state index < -0.39 is 0 Å². The average molecular weight is 447 g/mol. The highest BCUT2D eigenvalue weighted by molar-refractivity contribution is 6.07. The van der Waals surface area contributed by atoms with Gasteiger partial charge in [0.1, 0.15) is 11.4 Å². The van der Waals surface area contributed by atoms with E-state index in [1.54, 1.807) is 13.8 Å². The number of carbonyl (C=O) groups excluding carboxylic acids is 2. The van der Waals surface area contributed by atoms with Gasteiger partial charge in [-0.25, -0.2) is 0 Å². The molecule has 6 nitrogen and oxygen atoms in total. The highest BCUT2D eigenvalue weighted by Crippen LogP contribution is 2.35. The number of hydrogen-bond donors (Lipinski definition) is 2. The molecular formula is C28H22N4O2. The lowest BCUT2D eigenvalue weighted by Crippen LogP contribution is -1.98. The maximum Gasteiger partial charge on any atom is 0.164 e. The summed E-state index contributed by atoms with van der Waals surface area (Å²) in [4.78, 5) is 25.3. The van der Waals surface area contributed by atoms with Crippen molar-refractivity contribution in [3.05, 3.63) is 96.1 Å². The monoisotopic (exact) mass is 446 g/mol. The van der Waals surface area contributed by atoms with Gasteiger partial charge >= 0.3 is 0 Å². The minimum Gasteiger partial charge on any atom is -0.294 e. The first-order valence-electron chi connectivity index (χ1n) is 10.9. The molecule has 2 aromatic heterocycles. The van der Waals surface area contributed by atoms with E-state index in [1.807, 2.05) is 84.9 Å². The molecule has 0 fully saturated rings. The molecule has 2 N–H and O–H groups in total. The van der Waals surface area contributed by atoms with E-state index in [2.05, 4.69) is 20.4 Å². The molecule has 0 bridgehead atoms. The van der Waals surface area contributed by atoms with Crippen molar-refractivity contribution in [2.45, 2.75) is 13.8 Å². The van der Waals surface area contributed by atoms with Crippen LogP contribution in [0.3, 0.4) is 0 Å². The van der Waals surface area contributed by atoms with Crippen LogP contribution < -0.4 is 0 Å². The van der Waals surface area contributed by atoms with Gasteiger partial charge < -0.3 is 0 Å². The molecule has 34 heavy (non-hydrogen) atoms. The molecule has 166 valence electrons. The summed E-state index contributed by atoms with van der Waals surface area (Å²) in [6, 6.07) is 26.9. The Hall–Kier alpha value is -4.58. The highest BCUT2D eigenvalue weighted by atomic mass is 16.1. The summed E-state index contributed by atoms with van der Waals surface area (Å²) in [5, 5.41) is 15.1. The maximum absolute atomic E-state index is 12.6. The van der Waals surface area contributed by atoms with Gasteiger partial charge in [0.2, 0.25) is 0 Å². The van der Waals surface area contributed by atoms with Crippen LogP contribution in [-0.4, -0.2) is 32.0 Å². The van der Waals surface area contributed by atoms with Gasteiger partial charge in [0, 0.05) is 22.3 Å². The summed E-state index contributed by atoms with van der Waals surface area (Å²) in [6.45, 7) is 3.08. The molecule has 0 aliphatic carbocycles. The number of rotatable bonds is 6. The molecule has 0 saturated heterocycles. The number of H-pyrrole nitrogens is 2. The first-order valence-corrected chi connectivity index (χ1v) is 10.9. The van der Waals surface area contributed by atoms with Gasteiger partial charge in [-0.2, -0.15) is 10.2 Å². The second-order valence-electron chi connectivity index (χ2n) is 8.07. The zero-order valence-electron chi connectivity index (χ0n) is 18.8. The molecule has 0 radical (unpaired) electrons. The lowest BCUT2D eigenvalue weighted by atomic mass is 9.95. The summed E-state index contributed by atoms with van der Waals surface area (Å²) in [7, 11) is 0. The minimum atomic E-state index is -0.0800. The molecule has 0 spiro atoms. The fraction of sp³-hybridized carbons (Fsp3) is 0.0714. The second kappa shape index (κ2) is 8.75. The summed E-state index contributed by atoms with van der Waals surface area (Å²) in [5.41, 5.74) is 6.87. The molecule has 0 aliphatic rings. The average Bonchev–Trinajstić information content (AvgIpc) is 3.51. The van der Waals surface area contributed by atoms with E-state index in [4.69, 9.17) is 0 Å². The standard InChI is InChI=1S/C28H22N4O2/c1-17(33)23-25(19-10-5-3-6-11-19)29-31-27(23)21-14-9-15-22(16-21)28-24(18(2)34)26(30-32-28)20-12-7-4-8-13-20/h3-16H,1-2H3,(H,29,31)(H,30,32). The third-order valence-electron chi connectivity index (χ3n) is 5.77. The first kappa shape index (κ1) is 21.3. The topological polar surface area (TPSA) is 91.5 Å². The zero-order chi connectivity index (χ0) is 23.7. The van der Waals surface area contributed by atoms with Gasteiger partial charge in [-0.05, 0) is 19.9 Å². The molecule has 5 aromatic rings. The van der Waals surface area contributed by atoms with Crippen LogP contribution in [-0.2, 0) is 0 Å². The Labute approximate surface area is 196 Å². The third kappa shape index (κ3) is 3.75. The van der Waals surface area contributed by atoms with Gasteiger partial charge in [-0.1, -0.05) is 78.9 Å². The van der Waals surface area contributed by atoms with Crippen molar-refractivity contribution in [3.8, 4) is 45.0 Å². The number of carbonyl (C=O) groups is 2. The summed E-state index contributed by atoms with van der Waals surface area (Å²) < 4.78 is 0. The normalized spacial score (nSPS) is 10.9. The van der Waals surface area contributed by atoms with Crippen molar-refractivity contribution < 1.29 is 9.59 Å². The van der Waals surface area contributed by atoms with Crippen LogP contribution in [0.25, 0.3) is 45.0 Å². The van der Waals surface area contributed by atoms with E-state index in [9.17, 15) is 9.59 Å². The summed E-state index contributed by atoms with van der Waals surface area (Å²) in [5.74, 6) is -0.160. The Morgan fingerprint density at radius 2 is 0.941 bits per heavy atom. The number of nitrogens with one attached hydrogen (secondary N) is 2. The quantitative estimate of drug-likeness (QED) is 0.304. The van der Waals surface area contributed by atoms with E-state index >= 15 is 0 Å². The Kier molecular flexibility index (Phi) is 5.47. The molecule has 0 saturated carbocycles. The van der Waals surface area contributed by atoms with Crippen molar-refractivity contribution in [3.63, 3.8) is 0 Å². The van der Waals surface area contributed by atoms with Gasteiger partial charge in [0.25, 0.3) is 0 Å².